The first-order chi connectivity index (χ1) is 0. The van der Waals surface area contributed by atoms with Gasteiger partial charge in [0.05, 0.1) is 0 Å². The van der Waals surface area contributed by atoms with Crippen LogP contribution in [0.2, 0.25) is 0 Å². The predicted octanol–water partition coefficient (Wildman–Crippen LogP) is -5.79. The van der Waals surface area contributed by atoms with Crippen molar-refractivity contribution in [3.05, 3.63) is 0 Å². The fourth-order valence-corrected chi connectivity index (χ4v) is 0. The molecule has 0 saturated heterocycles. The van der Waals surface area contributed by atoms with Crippen molar-refractivity contribution in [3.63, 3.8) is 0 Å². The van der Waals surface area contributed by atoms with Crippen LogP contribution in [0.15, 0.2) is 0 Å². The van der Waals surface area contributed by atoms with Crippen LogP contribution in [0.3, 0.4) is 0 Å². The summed E-state index contributed by atoms with van der Waals surface area (Å²) in [4.78, 5) is 0. The molecule has 0 N–H and O–H groups in total. The van der Waals surface area contributed by atoms with Gasteiger partial charge >= 0.3 is 48.9 Å². The van der Waals surface area contributed by atoms with Gasteiger partial charge in [-0.15, -0.1) is 17.0 Å². The third kappa shape index (κ3) is 8.89. The number of rotatable bonds is 0. The molecule has 0 aromatic carbocycles. The van der Waals surface area contributed by atoms with Gasteiger partial charge in [0.1, 0.15) is 0 Å². The van der Waals surface area contributed by atoms with Gasteiger partial charge in [0.15, 0.2) is 0 Å². The van der Waals surface area contributed by atoms with Crippen molar-refractivity contribution in [2.24, 2.45) is 0 Å². The third-order valence-electron chi connectivity index (χ3n) is 0. The second-order valence-electron chi connectivity index (χ2n) is 0. The molecule has 0 spiro atoms. The van der Waals surface area contributed by atoms with Crippen molar-refractivity contribution in [2.45, 2.75) is 0 Å². The minimum Gasteiger partial charge on any atom is -1.00 e. The second-order valence-corrected chi connectivity index (χ2v) is 0. The molecule has 0 heterocycles. The molecular formula is HBaBr3. The zero-order chi connectivity index (χ0) is 0. The van der Waals surface area contributed by atoms with Gasteiger partial charge < -0.3 is 34.0 Å². The first-order valence-electron chi connectivity index (χ1n) is 0. The Morgan fingerprint density at radius 1 is 0.750 bits per heavy atom. The van der Waals surface area contributed by atoms with Crippen molar-refractivity contribution in [2.75, 3.05) is 0 Å². The molecule has 0 nitrogen and oxygen atoms in total. The van der Waals surface area contributed by atoms with Gasteiger partial charge in [-0.1, -0.05) is 0 Å². The van der Waals surface area contributed by atoms with Gasteiger partial charge in [0, 0.05) is 0 Å². The molecule has 0 fully saturated rings. The van der Waals surface area contributed by atoms with E-state index in [1.807, 2.05) is 0 Å². The van der Waals surface area contributed by atoms with Crippen LogP contribution in [0.1, 0.15) is 0 Å². The normalized spacial score (nSPS) is 0. The molecule has 0 atom stereocenters. The SMILES string of the molecule is Br.[Ba+2].[Br-].[Br-]. The van der Waals surface area contributed by atoms with Crippen molar-refractivity contribution < 1.29 is 34.0 Å². The Hall–Kier alpha value is 3.01. The molecule has 0 aromatic rings. The van der Waals surface area contributed by atoms with Crippen molar-refractivity contribution >= 4 is 65.9 Å². The molecule has 0 aliphatic rings. The maximum Gasteiger partial charge on any atom is 2.00 e. The number of hydrogen-bond donors (Lipinski definition) is 0. The summed E-state index contributed by atoms with van der Waals surface area (Å²) >= 11 is 0. The summed E-state index contributed by atoms with van der Waals surface area (Å²) in [5.74, 6) is 0. The van der Waals surface area contributed by atoms with E-state index in [1.54, 1.807) is 0 Å². The fourth-order valence-electron chi connectivity index (χ4n) is 0. The zero-order valence-corrected chi connectivity index (χ0v) is 11.2. The predicted molar refractivity (Wildman–Crippen MR) is 16.1 cm³/mol. The van der Waals surface area contributed by atoms with E-state index < -0.39 is 0 Å². The van der Waals surface area contributed by atoms with Gasteiger partial charge in [-0.3, -0.25) is 0 Å². The molecule has 0 bridgehead atoms. The van der Waals surface area contributed by atoms with E-state index >= 15 is 0 Å². The van der Waals surface area contributed by atoms with E-state index in [-0.39, 0.29) is 99.8 Å². The first-order valence-corrected chi connectivity index (χ1v) is 0. The number of hydrogen-bond acceptors (Lipinski definition) is 0. The summed E-state index contributed by atoms with van der Waals surface area (Å²) in [5, 5.41) is 0. The summed E-state index contributed by atoms with van der Waals surface area (Å²) in [6, 6.07) is 0. The van der Waals surface area contributed by atoms with Crippen LogP contribution in [0.4, 0.5) is 0 Å². The smallest absolute Gasteiger partial charge is 1.00 e. The van der Waals surface area contributed by atoms with E-state index in [4.69, 9.17) is 0 Å². The quantitative estimate of drug-likeness (QED) is 0.369. The zero-order valence-electron chi connectivity index (χ0n) is 1.87. The van der Waals surface area contributed by atoms with Gasteiger partial charge in [-0.25, -0.2) is 0 Å². The maximum absolute atomic E-state index is 0. The summed E-state index contributed by atoms with van der Waals surface area (Å²) < 4.78 is 0. The molecule has 24 valence electrons. The monoisotopic (exact) mass is 376 g/mol. The average molecular weight is 378 g/mol. The molecule has 4 heteroatoms. The van der Waals surface area contributed by atoms with E-state index in [2.05, 4.69) is 0 Å². The Labute approximate surface area is 97.5 Å². The van der Waals surface area contributed by atoms with Crippen molar-refractivity contribution in [1.82, 2.24) is 0 Å². The Bertz CT molecular complexity index is 3.25. The van der Waals surface area contributed by atoms with E-state index in [1.165, 1.54) is 0 Å². The molecular weight excluding hydrogens is 377 g/mol. The van der Waals surface area contributed by atoms with Crippen LogP contribution in [-0.4, -0.2) is 48.9 Å². The molecule has 0 radical (unpaired) electrons. The molecule has 0 aromatic heterocycles. The topological polar surface area (TPSA) is 0 Å². The van der Waals surface area contributed by atoms with E-state index in [0.717, 1.165) is 0 Å². The van der Waals surface area contributed by atoms with Gasteiger partial charge in [0.25, 0.3) is 0 Å². The largest absolute Gasteiger partial charge is 2.00 e. The molecule has 0 rings (SSSR count). The van der Waals surface area contributed by atoms with E-state index in [9.17, 15) is 0 Å². The van der Waals surface area contributed by atoms with Crippen LogP contribution in [0.5, 0.6) is 0 Å². The maximum atomic E-state index is 0. The van der Waals surface area contributed by atoms with Gasteiger partial charge in [-0.05, 0) is 0 Å². The van der Waals surface area contributed by atoms with Crippen LogP contribution < -0.4 is 34.0 Å². The molecule has 4 heavy (non-hydrogen) atoms. The summed E-state index contributed by atoms with van der Waals surface area (Å²) in [6.07, 6.45) is 0. The molecule has 0 aliphatic heterocycles. The summed E-state index contributed by atoms with van der Waals surface area (Å²) in [5.41, 5.74) is 0. The van der Waals surface area contributed by atoms with Crippen LogP contribution in [0.25, 0.3) is 0 Å². The average Bonchev–Trinajstić information content (AvgIpc) is 0. The minimum absolute atomic E-state index is 0. The summed E-state index contributed by atoms with van der Waals surface area (Å²) in [7, 11) is 0. The second kappa shape index (κ2) is 16.6. The Kier molecular flexibility index (Phi) is 116. The van der Waals surface area contributed by atoms with Crippen molar-refractivity contribution in [3.8, 4) is 0 Å². The first kappa shape index (κ1) is 27.9. The Morgan fingerprint density at radius 3 is 0.750 bits per heavy atom. The van der Waals surface area contributed by atoms with Crippen molar-refractivity contribution in [1.29, 1.82) is 0 Å². The van der Waals surface area contributed by atoms with Crippen LogP contribution in [-0.2, 0) is 0 Å². The third-order valence-corrected chi connectivity index (χ3v) is 0. The molecule has 0 amide bonds. The Balaban J connectivity index is 0. The van der Waals surface area contributed by atoms with Crippen LogP contribution in [0, 0.1) is 0 Å². The molecule has 0 unspecified atom stereocenters. The standard InChI is InChI=1S/Ba.3BrH/h;3*1H/q+2;;;/p-2. The fraction of sp³-hybridized carbons (Fsp3) is 0. The van der Waals surface area contributed by atoms with E-state index in [0.29, 0.717) is 0 Å². The molecule has 0 aliphatic carbocycles. The van der Waals surface area contributed by atoms with Gasteiger partial charge in [-0.2, -0.15) is 0 Å². The number of halogens is 3. The minimum atomic E-state index is 0. The Morgan fingerprint density at radius 2 is 0.750 bits per heavy atom. The van der Waals surface area contributed by atoms with Gasteiger partial charge in [0.2, 0.25) is 0 Å². The molecule has 0 saturated carbocycles. The van der Waals surface area contributed by atoms with Crippen LogP contribution >= 0.6 is 17.0 Å². The summed E-state index contributed by atoms with van der Waals surface area (Å²) in [6.45, 7) is 0.